The van der Waals surface area contributed by atoms with E-state index in [0.717, 1.165) is 0 Å². The molecule has 0 N–H and O–H groups in total. The predicted octanol–water partition coefficient (Wildman–Crippen LogP) is 2.12. The van der Waals surface area contributed by atoms with Gasteiger partial charge in [0.25, 0.3) is 17.7 Å². The highest BCUT2D eigenvalue weighted by molar-refractivity contribution is 6.31. The average Bonchev–Trinajstić information content (AvgIpc) is 2.72. The van der Waals surface area contributed by atoms with Crippen LogP contribution >= 0.6 is 0 Å². The van der Waals surface area contributed by atoms with Gasteiger partial charge in [0.15, 0.2) is 0 Å². The summed E-state index contributed by atoms with van der Waals surface area (Å²) in [6.45, 7) is 0. The van der Waals surface area contributed by atoms with Gasteiger partial charge >= 0.3 is 0 Å². The van der Waals surface area contributed by atoms with Crippen LogP contribution in [0.4, 0.5) is 0 Å². The third-order valence-electron chi connectivity index (χ3n) is 3.02. The van der Waals surface area contributed by atoms with E-state index in [1.807, 2.05) is 0 Å². The van der Waals surface area contributed by atoms with Gasteiger partial charge in [-0.05, 0) is 24.3 Å². The Labute approximate surface area is 109 Å². The van der Waals surface area contributed by atoms with E-state index in [9.17, 15) is 14.4 Å². The fourth-order valence-electron chi connectivity index (χ4n) is 2.08. The lowest BCUT2D eigenvalue weighted by Gasteiger charge is -2.11. The first-order chi connectivity index (χ1) is 9.20. The molecule has 0 unspecified atom stereocenters. The standard InChI is InChI=1S/C15H9NO3/c17-13(10-6-2-1-3-7-10)16-14(18)11-8-4-5-9-12(11)15(16)19/h1-9H. The summed E-state index contributed by atoms with van der Waals surface area (Å²) in [5, 5.41) is 0. The van der Waals surface area contributed by atoms with Crippen molar-refractivity contribution in [1.82, 2.24) is 4.90 Å². The van der Waals surface area contributed by atoms with E-state index in [-0.39, 0.29) is 11.1 Å². The molecule has 0 saturated heterocycles. The molecule has 0 saturated carbocycles. The van der Waals surface area contributed by atoms with Crippen LogP contribution in [0.25, 0.3) is 0 Å². The minimum atomic E-state index is -0.591. The lowest BCUT2D eigenvalue weighted by atomic mass is 10.1. The fraction of sp³-hybridized carbons (Fsp3) is 0. The zero-order valence-electron chi connectivity index (χ0n) is 9.87. The zero-order chi connectivity index (χ0) is 13.4. The SMILES string of the molecule is O=C(c1ccccc1)N1C(=O)c2ccccc2C1=O. The Morgan fingerprint density at radius 1 is 0.737 bits per heavy atom. The Hall–Kier alpha value is -2.75. The molecule has 92 valence electrons. The number of benzene rings is 2. The topological polar surface area (TPSA) is 54.5 Å². The van der Waals surface area contributed by atoms with Crippen LogP contribution in [0.15, 0.2) is 54.6 Å². The van der Waals surface area contributed by atoms with E-state index in [1.54, 1.807) is 54.6 Å². The number of hydrogen-bond donors (Lipinski definition) is 0. The molecule has 0 aliphatic carbocycles. The van der Waals surface area contributed by atoms with Gasteiger partial charge in [0, 0.05) is 5.56 Å². The Morgan fingerprint density at radius 3 is 1.74 bits per heavy atom. The largest absolute Gasteiger partial charge is 0.268 e. The summed E-state index contributed by atoms with van der Waals surface area (Å²) >= 11 is 0. The summed E-state index contributed by atoms with van der Waals surface area (Å²) in [6.07, 6.45) is 0. The Balaban J connectivity index is 2.03. The molecule has 1 aliphatic heterocycles. The highest BCUT2D eigenvalue weighted by Crippen LogP contribution is 2.24. The van der Waals surface area contributed by atoms with E-state index in [4.69, 9.17) is 0 Å². The molecular formula is C15H9NO3. The maximum Gasteiger partial charge on any atom is 0.268 e. The molecule has 19 heavy (non-hydrogen) atoms. The molecule has 3 rings (SSSR count). The van der Waals surface area contributed by atoms with Crippen LogP contribution in [0.1, 0.15) is 31.1 Å². The number of rotatable bonds is 1. The fourth-order valence-corrected chi connectivity index (χ4v) is 2.08. The minimum absolute atomic E-state index is 0.275. The molecule has 1 aliphatic rings. The first kappa shape index (κ1) is 11.3. The quantitative estimate of drug-likeness (QED) is 0.729. The lowest BCUT2D eigenvalue weighted by molar-refractivity contribution is 0.0566. The van der Waals surface area contributed by atoms with Crippen LogP contribution in [-0.2, 0) is 0 Å². The average molecular weight is 251 g/mol. The van der Waals surface area contributed by atoms with Gasteiger partial charge in [-0.15, -0.1) is 0 Å². The molecule has 0 bridgehead atoms. The van der Waals surface area contributed by atoms with Gasteiger partial charge in [-0.1, -0.05) is 30.3 Å². The number of carbonyl (C=O) groups excluding carboxylic acids is 3. The first-order valence-electron chi connectivity index (χ1n) is 5.77. The molecule has 2 aromatic carbocycles. The van der Waals surface area contributed by atoms with Crippen LogP contribution < -0.4 is 0 Å². The first-order valence-corrected chi connectivity index (χ1v) is 5.77. The summed E-state index contributed by atoms with van der Waals surface area (Å²) in [5.41, 5.74) is 0.866. The van der Waals surface area contributed by atoms with Gasteiger partial charge in [-0.25, -0.2) is 4.90 Å². The molecule has 0 spiro atoms. The molecule has 0 aromatic heterocycles. The lowest BCUT2D eigenvalue weighted by Crippen LogP contribution is -2.36. The molecule has 0 radical (unpaired) electrons. The smallest absolute Gasteiger partial charge is 0.268 e. The number of nitrogens with zero attached hydrogens (tertiary/aromatic N) is 1. The highest BCUT2D eigenvalue weighted by Gasteiger charge is 2.39. The van der Waals surface area contributed by atoms with Gasteiger partial charge < -0.3 is 0 Å². The maximum atomic E-state index is 12.2. The van der Waals surface area contributed by atoms with Crippen LogP contribution in [0.5, 0.6) is 0 Å². The van der Waals surface area contributed by atoms with Crippen molar-refractivity contribution in [3.8, 4) is 0 Å². The van der Waals surface area contributed by atoms with Gasteiger partial charge in [0.2, 0.25) is 0 Å². The Kier molecular flexibility index (Phi) is 2.49. The Morgan fingerprint density at radius 2 is 1.21 bits per heavy atom. The molecule has 0 fully saturated rings. The van der Waals surface area contributed by atoms with Crippen LogP contribution in [0.2, 0.25) is 0 Å². The molecule has 1 heterocycles. The van der Waals surface area contributed by atoms with E-state index in [1.165, 1.54) is 0 Å². The van der Waals surface area contributed by atoms with E-state index in [0.29, 0.717) is 10.5 Å². The molecule has 2 aromatic rings. The molecular weight excluding hydrogens is 242 g/mol. The maximum absolute atomic E-state index is 12.2. The number of imide groups is 3. The number of hydrogen-bond acceptors (Lipinski definition) is 3. The van der Waals surface area contributed by atoms with Crippen molar-refractivity contribution in [2.75, 3.05) is 0 Å². The van der Waals surface area contributed by atoms with E-state index < -0.39 is 17.7 Å². The normalized spacial score (nSPS) is 13.6. The van der Waals surface area contributed by atoms with Gasteiger partial charge in [0.1, 0.15) is 0 Å². The minimum Gasteiger partial charge on any atom is -0.268 e. The second-order valence-corrected chi connectivity index (χ2v) is 4.16. The summed E-state index contributed by atoms with van der Waals surface area (Å²) in [7, 11) is 0. The van der Waals surface area contributed by atoms with Crippen LogP contribution in [-0.4, -0.2) is 22.6 Å². The van der Waals surface area contributed by atoms with Gasteiger partial charge in [0.05, 0.1) is 11.1 Å². The van der Waals surface area contributed by atoms with Crippen molar-refractivity contribution in [2.24, 2.45) is 0 Å². The molecule has 0 atom stereocenters. The number of fused-ring (bicyclic) bond motifs is 1. The second-order valence-electron chi connectivity index (χ2n) is 4.16. The Bertz CT molecular complexity index is 657. The number of carbonyl (C=O) groups is 3. The summed E-state index contributed by atoms with van der Waals surface area (Å²) < 4.78 is 0. The third kappa shape index (κ3) is 1.65. The summed E-state index contributed by atoms with van der Waals surface area (Å²) in [4.78, 5) is 37.1. The van der Waals surface area contributed by atoms with Crippen molar-refractivity contribution in [3.05, 3.63) is 71.3 Å². The van der Waals surface area contributed by atoms with Gasteiger partial charge in [-0.2, -0.15) is 0 Å². The monoisotopic (exact) mass is 251 g/mol. The summed E-state index contributed by atoms with van der Waals surface area (Å²) in [5.74, 6) is -1.71. The van der Waals surface area contributed by atoms with E-state index in [2.05, 4.69) is 0 Å². The van der Waals surface area contributed by atoms with Crippen molar-refractivity contribution in [1.29, 1.82) is 0 Å². The number of amides is 3. The third-order valence-corrected chi connectivity index (χ3v) is 3.02. The highest BCUT2D eigenvalue weighted by atomic mass is 16.2. The van der Waals surface area contributed by atoms with Crippen molar-refractivity contribution in [3.63, 3.8) is 0 Å². The van der Waals surface area contributed by atoms with E-state index >= 15 is 0 Å². The molecule has 4 heteroatoms. The second kappa shape index (κ2) is 4.17. The molecule has 4 nitrogen and oxygen atoms in total. The predicted molar refractivity (Wildman–Crippen MR) is 67.7 cm³/mol. The van der Waals surface area contributed by atoms with Crippen LogP contribution in [0.3, 0.4) is 0 Å². The zero-order valence-corrected chi connectivity index (χ0v) is 9.87. The molecule has 3 amide bonds. The van der Waals surface area contributed by atoms with Crippen LogP contribution in [0, 0.1) is 0 Å². The van der Waals surface area contributed by atoms with Crippen molar-refractivity contribution >= 4 is 17.7 Å². The summed E-state index contributed by atoms with van der Waals surface area (Å²) in [6, 6.07) is 14.7. The van der Waals surface area contributed by atoms with Crippen molar-refractivity contribution in [2.45, 2.75) is 0 Å². The van der Waals surface area contributed by atoms with Gasteiger partial charge in [-0.3, -0.25) is 14.4 Å². The van der Waals surface area contributed by atoms with Crippen molar-refractivity contribution < 1.29 is 14.4 Å².